The first-order chi connectivity index (χ1) is 11.7. The molecule has 0 fully saturated rings. The fraction of sp³-hybridized carbons (Fsp3) is 0.333. The van der Waals surface area contributed by atoms with Crippen molar-refractivity contribution in [2.24, 2.45) is 22.0 Å². The van der Waals surface area contributed by atoms with Gasteiger partial charge in [0.15, 0.2) is 5.69 Å². The van der Waals surface area contributed by atoms with Crippen LogP contribution in [0.25, 0.3) is 0 Å². The van der Waals surface area contributed by atoms with Crippen LogP contribution in [0, 0.1) is 11.8 Å². The Bertz CT molecular complexity index is 819. The van der Waals surface area contributed by atoms with Gasteiger partial charge in [0.1, 0.15) is 11.4 Å². The molecule has 0 radical (unpaired) electrons. The first-order valence-corrected chi connectivity index (χ1v) is 7.65. The number of hydrogen-bond acceptors (Lipinski definition) is 7. The SMILES string of the molecule is O=C(NN=C1CCCc2nonc21)C1=NNC(=O)C2C=CC=CC12. The van der Waals surface area contributed by atoms with Gasteiger partial charge in [0, 0.05) is 5.92 Å². The average molecular weight is 326 g/mol. The molecular formula is C15H14N6O3. The number of aryl methyl sites for hydroxylation is 1. The third-order valence-electron chi connectivity index (χ3n) is 4.22. The van der Waals surface area contributed by atoms with E-state index in [9.17, 15) is 9.59 Å². The predicted octanol–water partition coefficient (Wildman–Crippen LogP) is 0.0704. The molecule has 0 aromatic carbocycles. The van der Waals surface area contributed by atoms with Gasteiger partial charge in [-0.25, -0.2) is 15.5 Å². The maximum atomic E-state index is 12.4. The number of nitrogens with zero attached hydrogens (tertiary/aromatic N) is 4. The lowest BCUT2D eigenvalue weighted by Gasteiger charge is -2.27. The van der Waals surface area contributed by atoms with Crippen molar-refractivity contribution >= 4 is 23.2 Å². The molecule has 0 saturated carbocycles. The van der Waals surface area contributed by atoms with Crippen LogP contribution < -0.4 is 10.9 Å². The molecule has 9 nitrogen and oxygen atoms in total. The minimum Gasteiger partial charge on any atom is -0.272 e. The minimum atomic E-state index is -0.457. The number of aromatic nitrogens is 2. The summed E-state index contributed by atoms with van der Waals surface area (Å²) < 4.78 is 4.72. The predicted molar refractivity (Wildman–Crippen MR) is 82.8 cm³/mol. The second-order valence-electron chi connectivity index (χ2n) is 5.71. The number of carbonyl (C=O) groups is 2. The van der Waals surface area contributed by atoms with Gasteiger partial charge in [-0.05, 0) is 24.4 Å². The monoisotopic (exact) mass is 326 g/mol. The van der Waals surface area contributed by atoms with Gasteiger partial charge < -0.3 is 0 Å². The maximum Gasteiger partial charge on any atom is 0.288 e. The number of hydrazone groups is 2. The van der Waals surface area contributed by atoms with Crippen LogP contribution >= 0.6 is 0 Å². The summed E-state index contributed by atoms with van der Waals surface area (Å²) in [5.74, 6) is -1.50. The lowest BCUT2D eigenvalue weighted by atomic mass is 9.83. The zero-order valence-electron chi connectivity index (χ0n) is 12.6. The molecule has 2 aliphatic carbocycles. The standard InChI is InChI=1S/C15H14N6O3/c22-14-9-5-2-1-4-8(9)12(17-18-14)15(23)19-16-10-6-3-7-11-13(10)21-24-20-11/h1-2,4-5,8-9H,3,6-7H2,(H,18,22)(H,19,23). The normalized spacial score (nSPS) is 26.4. The molecule has 9 heteroatoms. The highest BCUT2D eigenvalue weighted by atomic mass is 16.6. The van der Waals surface area contributed by atoms with E-state index in [1.54, 1.807) is 24.3 Å². The Morgan fingerprint density at radius 3 is 2.96 bits per heavy atom. The minimum absolute atomic E-state index is 0.221. The zero-order chi connectivity index (χ0) is 16.5. The fourth-order valence-electron chi connectivity index (χ4n) is 3.00. The molecule has 4 rings (SSSR count). The van der Waals surface area contributed by atoms with Gasteiger partial charge in [-0.3, -0.25) is 9.59 Å². The maximum absolute atomic E-state index is 12.4. The molecule has 1 aromatic rings. The second-order valence-corrected chi connectivity index (χ2v) is 5.71. The van der Waals surface area contributed by atoms with Crippen LogP contribution in [0.2, 0.25) is 0 Å². The number of fused-ring (bicyclic) bond motifs is 2. The van der Waals surface area contributed by atoms with E-state index in [4.69, 9.17) is 4.63 Å². The summed E-state index contributed by atoms with van der Waals surface area (Å²) in [5, 5.41) is 15.7. The number of allylic oxidation sites excluding steroid dienone is 3. The van der Waals surface area contributed by atoms with Crippen molar-refractivity contribution in [2.45, 2.75) is 19.3 Å². The summed E-state index contributed by atoms with van der Waals surface area (Å²) in [7, 11) is 0. The van der Waals surface area contributed by atoms with Crippen molar-refractivity contribution in [3.05, 3.63) is 35.7 Å². The Hall–Kier alpha value is -3.10. The van der Waals surface area contributed by atoms with Crippen LogP contribution in [0.4, 0.5) is 0 Å². The van der Waals surface area contributed by atoms with E-state index in [1.807, 2.05) is 0 Å². The number of hydrogen-bond donors (Lipinski definition) is 2. The molecule has 2 heterocycles. The van der Waals surface area contributed by atoms with E-state index < -0.39 is 11.8 Å². The van der Waals surface area contributed by atoms with Crippen molar-refractivity contribution in [1.82, 2.24) is 21.2 Å². The zero-order valence-corrected chi connectivity index (χ0v) is 12.6. The van der Waals surface area contributed by atoms with E-state index in [0.29, 0.717) is 17.8 Å². The summed E-state index contributed by atoms with van der Waals surface area (Å²) >= 11 is 0. The molecular weight excluding hydrogens is 312 g/mol. The highest BCUT2D eigenvalue weighted by Crippen LogP contribution is 2.24. The van der Waals surface area contributed by atoms with Crippen LogP contribution in [0.1, 0.15) is 24.2 Å². The third-order valence-corrected chi connectivity index (χ3v) is 4.22. The van der Waals surface area contributed by atoms with E-state index in [1.165, 1.54) is 0 Å². The van der Waals surface area contributed by atoms with Gasteiger partial charge in [0.05, 0.1) is 11.6 Å². The van der Waals surface area contributed by atoms with E-state index in [2.05, 4.69) is 31.4 Å². The molecule has 122 valence electrons. The molecule has 2 atom stereocenters. The van der Waals surface area contributed by atoms with Gasteiger partial charge in [-0.15, -0.1) is 0 Å². The Kier molecular flexibility index (Phi) is 3.52. The van der Waals surface area contributed by atoms with E-state index in [-0.39, 0.29) is 17.5 Å². The van der Waals surface area contributed by atoms with Crippen LogP contribution in [-0.4, -0.2) is 33.6 Å². The van der Waals surface area contributed by atoms with Gasteiger partial charge in [-0.1, -0.05) is 29.5 Å². The molecule has 0 spiro atoms. The Morgan fingerprint density at radius 2 is 2.08 bits per heavy atom. The average Bonchev–Trinajstić information content (AvgIpc) is 3.09. The van der Waals surface area contributed by atoms with Crippen LogP contribution in [-0.2, 0) is 16.0 Å². The van der Waals surface area contributed by atoms with Crippen molar-refractivity contribution in [3.8, 4) is 0 Å². The summed E-state index contributed by atoms with van der Waals surface area (Å²) in [4.78, 5) is 24.3. The highest BCUT2D eigenvalue weighted by Gasteiger charge is 2.36. The summed E-state index contributed by atoms with van der Waals surface area (Å²) in [6, 6.07) is 0. The summed E-state index contributed by atoms with van der Waals surface area (Å²) in [6.45, 7) is 0. The Morgan fingerprint density at radius 1 is 1.25 bits per heavy atom. The number of amides is 2. The molecule has 1 aromatic heterocycles. The molecule has 2 N–H and O–H groups in total. The molecule has 0 bridgehead atoms. The van der Waals surface area contributed by atoms with Gasteiger partial charge in [0.25, 0.3) is 5.91 Å². The van der Waals surface area contributed by atoms with E-state index in [0.717, 1.165) is 18.5 Å². The second kappa shape index (κ2) is 5.84. The van der Waals surface area contributed by atoms with Gasteiger partial charge in [-0.2, -0.15) is 10.2 Å². The van der Waals surface area contributed by atoms with E-state index >= 15 is 0 Å². The topological polar surface area (TPSA) is 122 Å². The highest BCUT2D eigenvalue weighted by molar-refractivity contribution is 6.41. The Labute approximate surface area is 136 Å². The fourth-order valence-corrected chi connectivity index (χ4v) is 3.00. The quantitative estimate of drug-likeness (QED) is 0.745. The lowest BCUT2D eigenvalue weighted by molar-refractivity contribution is -0.124. The number of carbonyl (C=O) groups excluding carboxylic acids is 2. The summed E-state index contributed by atoms with van der Waals surface area (Å²) in [6.07, 6.45) is 9.44. The molecule has 2 unspecified atom stereocenters. The van der Waals surface area contributed by atoms with Crippen molar-refractivity contribution in [1.29, 1.82) is 0 Å². The molecule has 1 aliphatic heterocycles. The van der Waals surface area contributed by atoms with Gasteiger partial charge in [0.2, 0.25) is 5.91 Å². The molecule has 24 heavy (non-hydrogen) atoms. The third kappa shape index (κ3) is 2.43. The number of nitrogens with one attached hydrogen (secondary N) is 2. The molecule has 3 aliphatic rings. The number of rotatable bonds is 2. The molecule has 0 saturated heterocycles. The first kappa shape index (κ1) is 14.5. The van der Waals surface area contributed by atoms with Crippen LogP contribution in [0.3, 0.4) is 0 Å². The van der Waals surface area contributed by atoms with Crippen molar-refractivity contribution in [3.63, 3.8) is 0 Å². The smallest absolute Gasteiger partial charge is 0.272 e. The van der Waals surface area contributed by atoms with Gasteiger partial charge >= 0.3 is 0 Å². The largest absolute Gasteiger partial charge is 0.288 e. The van der Waals surface area contributed by atoms with Crippen LogP contribution in [0.5, 0.6) is 0 Å². The van der Waals surface area contributed by atoms with Crippen molar-refractivity contribution in [2.75, 3.05) is 0 Å². The first-order valence-electron chi connectivity index (χ1n) is 7.65. The van der Waals surface area contributed by atoms with Crippen molar-refractivity contribution < 1.29 is 14.2 Å². The molecule has 2 amide bonds. The lowest BCUT2D eigenvalue weighted by Crippen LogP contribution is -2.46. The van der Waals surface area contributed by atoms with Crippen LogP contribution in [0.15, 0.2) is 39.1 Å². The summed E-state index contributed by atoms with van der Waals surface area (Å²) in [5.41, 5.74) is 7.06. The Balaban J connectivity index is 1.53.